The van der Waals surface area contributed by atoms with Crippen molar-refractivity contribution in [2.45, 2.75) is 0 Å². The van der Waals surface area contributed by atoms with E-state index in [-0.39, 0.29) is 28.5 Å². The molecule has 0 unspecified atom stereocenters. The van der Waals surface area contributed by atoms with Crippen LogP contribution >= 0.6 is 0 Å². The van der Waals surface area contributed by atoms with Crippen LogP contribution in [0.1, 0.15) is 0 Å². The van der Waals surface area contributed by atoms with Gasteiger partial charge in [0.25, 0.3) is 11.3 Å². The first-order chi connectivity index (χ1) is 6.31. The molecule has 0 heterocycles. The van der Waals surface area contributed by atoms with Crippen LogP contribution in [0.25, 0.3) is 5.73 Å². The van der Waals surface area contributed by atoms with Gasteiger partial charge < -0.3 is 33.5 Å². The Morgan fingerprint density at radius 3 is 1.50 bits per heavy atom. The second-order valence-corrected chi connectivity index (χ2v) is 2.27. The van der Waals surface area contributed by atoms with Crippen LogP contribution in [0.3, 0.4) is 0 Å². The minimum absolute atomic E-state index is 0. The maximum absolute atomic E-state index is 10.9. The van der Waals surface area contributed by atoms with Gasteiger partial charge in [0.05, 0.1) is 5.91 Å². The number of carbonyl (C=O) groups excluding carboxylic acids is 2. The van der Waals surface area contributed by atoms with Crippen molar-refractivity contribution in [3.63, 3.8) is 0 Å². The normalized spacial score (nSPS) is 9.06. The van der Waals surface area contributed by atoms with Gasteiger partial charge in [-0.15, -0.1) is 0 Å². The molecule has 0 fully saturated rings. The molecule has 16 heavy (non-hydrogen) atoms. The zero-order valence-electron chi connectivity index (χ0n) is 8.44. The number of hydrogen-bond donors (Lipinski definition) is 3. The number of nitrogens with one attached hydrogen (secondary N) is 2. The number of carbonyl (C=O) groups is 4. The first kappa shape index (κ1) is 20.0. The van der Waals surface area contributed by atoms with Gasteiger partial charge in [0.15, 0.2) is 0 Å². The monoisotopic (exact) mass is 402 g/mol. The Morgan fingerprint density at radius 2 is 1.44 bits per heavy atom. The summed E-state index contributed by atoms with van der Waals surface area (Å²) >= 11 is 0. The zero-order valence-corrected chi connectivity index (χ0v) is 11.4. The Bertz CT molecular complexity index is 280. The van der Waals surface area contributed by atoms with Crippen molar-refractivity contribution in [2.75, 3.05) is 7.05 Å². The molecule has 0 saturated carbocycles. The molecule has 0 saturated heterocycles. The summed E-state index contributed by atoms with van der Waals surface area (Å²) in [4.78, 5) is 42.6. The van der Waals surface area contributed by atoms with Crippen molar-refractivity contribution in [1.29, 1.82) is 0 Å². The molecule has 90 valence electrons. The van der Waals surface area contributed by atoms with Gasteiger partial charge in [-0.1, -0.05) is 0 Å². The van der Waals surface area contributed by atoms with E-state index in [9.17, 15) is 19.2 Å². The summed E-state index contributed by atoms with van der Waals surface area (Å²) in [6.07, 6.45) is 0. The molecule has 0 aliphatic carbocycles. The largest absolute Gasteiger partial charge is 2.00 e. The first-order valence-corrected chi connectivity index (χ1v) is 3.26. The number of amides is 2. The van der Waals surface area contributed by atoms with Crippen LogP contribution in [0.5, 0.6) is 0 Å². The maximum Gasteiger partial charge on any atom is 2.00 e. The molecule has 2 amide bonds. The molecule has 0 aromatic rings. The third-order valence-electron chi connectivity index (χ3n) is 1.55. The van der Waals surface area contributed by atoms with Gasteiger partial charge in [-0.2, -0.15) is 0 Å². The van der Waals surface area contributed by atoms with Gasteiger partial charge in [-0.05, 0) is 0 Å². The molecule has 0 aromatic carbocycles. The van der Waals surface area contributed by atoms with Crippen LogP contribution in [0, 0.1) is 12.8 Å². The Labute approximate surface area is 105 Å². The van der Waals surface area contributed by atoms with E-state index in [0.29, 0.717) is 0 Å². The number of carboxylic acids is 2. The third kappa shape index (κ3) is 2.79. The van der Waals surface area contributed by atoms with Crippen molar-refractivity contribution in [1.82, 2.24) is 5.32 Å². The zero-order chi connectivity index (χ0) is 11.5. The van der Waals surface area contributed by atoms with Crippen molar-refractivity contribution >= 4 is 23.8 Å². The Kier molecular flexibility index (Phi) is 8.70. The van der Waals surface area contributed by atoms with Gasteiger partial charge in [-0.25, -0.2) is 9.59 Å². The topological polar surface area (TPSA) is 145 Å². The van der Waals surface area contributed by atoms with E-state index in [0.717, 1.165) is 7.05 Å². The molecule has 0 rings (SSSR count). The summed E-state index contributed by atoms with van der Waals surface area (Å²) in [5, 5.41) is 18.7. The fraction of sp³-hybridized carbons (Fsp3) is 0.286. The predicted octanol–water partition coefficient (Wildman–Crippen LogP) is -1.09. The van der Waals surface area contributed by atoms with Crippen molar-refractivity contribution in [2.24, 2.45) is 5.41 Å². The molecule has 4 N–H and O–H groups in total. The molecule has 0 aliphatic rings. The van der Waals surface area contributed by atoms with Crippen molar-refractivity contribution in [3.05, 3.63) is 13.2 Å². The summed E-state index contributed by atoms with van der Waals surface area (Å²) in [7, 11) is 0.964. The van der Waals surface area contributed by atoms with E-state index >= 15 is 0 Å². The third-order valence-corrected chi connectivity index (χ3v) is 1.55. The van der Waals surface area contributed by atoms with Crippen LogP contribution in [0.2, 0.25) is 0 Å². The Hall–Kier alpha value is -1.43. The first-order valence-electron chi connectivity index (χ1n) is 3.26. The minimum atomic E-state index is -3.38. The summed E-state index contributed by atoms with van der Waals surface area (Å²) in [6, 6.07) is 0. The summed E-state index contributed by atoms with van der Waals surface area (Å²) in [5.74, 6) is -7.94. The van der Waals surface area contributed by atoms with Crippen LogP contribution in [-0.4, -0.2) is 41.0 Å². The van der Waals surface area contributed by atoms with Crippen LogP contribution in [-0.2, 0) is 40.2 Å². The van der Waals surface area contributed by atoms with Gasteiger partial charge in [0, 0.05) is 7.05 Å². The number of aliphatic carboxylic acids is 2. The summed E-state index contributed by atoms with van der Waals surface area (Å²) in [5.41, 5.74) is 3.14. The Balaban J connectivity index is -0.000000845. The average molecular weight is 402 g/mol. The van der Waals surface area contributed by atoms with E-state index in [1.165, 1.54) is 0 Å². The molecular weight excluding hydrogens is 392 g/mol. The average Bonchev–Trinajstić information content (AvgIpc) is 2.02. The summed E-state index contributed by atoms with van der Waals surface area (Å²) < 4.78 is 0. The molecule has 0 aliphatic heterocycles. The molecule has 0 atom stereocenters. The number of carboxylic acid groups (broad SMARTS) is 2. The predicted molar refractivity (Wildman–Crippen MR) is 47.5 cm³/mol. The second-order valence-electron chi connectivity index (χ2n) is 2.27. The maximum atomic E-state index is 10.9. The standard InChI is InChI=1S/C6H8N2O6.CH3.W/c1-8-3(10)6(2(7)9,4(11)12)5(13)14;;/h1H3,(H5,7,8,9,10,11,12,13,14);1H3;/q;-1;+2/p-1. The van der Waals surface area contributed by atoms with E-state index in [4.69, 9.17) is 15.9 Å². The molecule has 8 nitrogen and oxygen atoms in total. The quantitative estimate of drug-likeness (QED) is 0.403. The number of hydrogen-bond acceptors (Lipinski definition) is 4. The molecule has 0 radical (unpaired) electrons. The SMILES string of the molecule is CNC(=O)C(C([NH-])=O)(C(=O)O)C(=O)O.[CH3-].[W+2]. The molecule has 9 heteroatoms. The smallest absolute Gasteiger partial charge is 0.666 e. The van der Waals surface area contributed by atoms with Gasteiger partial charge >= 0.3 is 33.0 Å². The molecular formula is C7H10N2O6W. The number of rotatable bonds is 4. The van der Waals surface area contributed by atoms with E-state index in [1.54, 1.807) is 5.32 Å². The van der Waals surface area contributed by atoms with Crippen LogP contribution < -0.4 is 5.32 Å². The minimum Gasteiger partial charge on any atom is -0.666 e. The van der Waals surface area contributed by atoms with Crippen molar-refractivity contribution < 1.29 is 50.5 Å². The van der Waals surface area contributed by atoms with Crippen LogP contribution in [0.4, 0.5) is 0 Å². The molecule has 0 aromatic heterocycles. The van der Waals surface area contributed by atoms with Gasteiger partial charge in [0.1, 0.15) is 0 Å². The van der Waals surface area contributed by atoms with E-state index < -0.39 is 29.2 Å². The van der Waals surface area contributed by atoms with E-state index in [2.05, 4.69) is 0 Å². The van der Waals surface area contributed by atoms with Crippen LogP contribution in [0.15, 0.2) is 0 Å². The molecule has 0 spiro atoms. The van der Waals surface area contributed by atoms with Gasteiger partial charge in [0.2, 0.25) is 0 Å². The van der Waals surface area contributed by atoms with E-state index in [1.807, 2.05) is 0 Å². The molecule has 0 bridgehead atoms. The fourth-order valence-corrected chi connectivity index (χ4v) is 0.771. The van der Waals surface area contributed by atoms with Gasteiger partial charge in [-0.3, -0.25) is 4.79 Å². The summed E-state index contributed by atoms with van der Waals surface area (Å²) in [6.45, 7) is 0. The fourth-order valence-electron chi connectivity index (χ4n) is 0.771. The second kappa shape index (κ2) is 6.94. The van der Waals surface area contributed by atoms with Crippen molar-refractivity contribution in [3.8, 4) is 0 Å². The Morgan fingerprint density at radius 1 is 1.12 bits per heavy atom.